The van der Waals surface area contributed by atoms with Gasteiger partial charge in [-0.1, -0.05) is 36.4 Å². The van der Waals surface area contributed by atoms with E-state index in [9.17, 15) is 4.79 Å². The molecule has 0 saturated heterocycles. The number of thiophene rings is 1. The second-order valence-corrected chi connectivity index (χ2v) is 8.17. The summed E-state index contributed by atoms with van der Waals surface area (Å²) in [6, 6.07) is 14.3. The Hall–Kier alpha value is -1.69. The smallest absolute Gasteiger partial charge is 0.243 e. The highest BCUT2D eigenvalue weighted by atomic mass is 127. The summed E-state index contributed by atoms with van der Waals surface area (Å²) in [5.74, 6) is 0.621. The first kappa shape index (κ1) is 28.3. The fourth-order valence-corrected chi connectivity index (χ4v) is 3.30. The molecular weight excluding hydrogens is 539 g/mol. The van der Waals surface area contributed by atoms with Gasteiger partial charge in [0, 0.05) is 38.7 Å². The van der Waals surface area contributed by atoms with Crippen LogP contribution in [0, 0.1) is 0 Å². The first-order valence-electron chi connectivity index (χ1n) is 10.6. The van der Waals surface area contributed by atoms with Crippen molar-refractivity contribution in [3.8, 4) is 0 Å². The molecule has 178 valence electrons. The van der Waals surface area contributed by atoms with Crippen LogP contribution in [0.1, 0.15) is 16.9 Å². The fraction of sp³-hybridized carbons (Fsp3) is 0.478. The Kier molecular flexibility index (Phi) is 15.8. The molecule has 2 rings (SSSR count). The van der Waals surface area contributed by atoms with Gasteiger partial charge in [0.1, 0.15) is 6.54 Å². The molecule has 1 aromatic carbocycles. The predicted molar refractivity (Wildman–Crippen MR) is 142 cm³/mol. The van der Waals surface area contributed by atoms with Crippen LogP contribution in [0.3, 0.4) is 0 Å². The number of ether oxygens (including phenoxy) is 2. The van der Waals surface area contributed by atoms with Crippen molar-refractivity contribution in [2.24, 2.45) is 4.99 Å². The molecule has 0 spiro atoms. The summed E-state index contributed by atoms with van der Waals surface area (Å²) < 4.78 is 11.2. The number of hydrogen-bond donors (Lipinski definition) is 2. The minimum atomic E-state index is -0.0295. The lowest BCUT2D eigenvalue weighted by atomic mass is 10.2. The highest BCUT2D eigenvalue weighted by Gasteiger charge is 2.05. The highest BCUT2D eigenvalue weighted by molar-refractivity contribution is 14.0. The maximum absolute atomic E-state index is 11.8. The Morgan fingerprint density at radius 3 is 2.47 bits per heavy atom. The van der Waals surface area contributed by atoms with Gasteiger partial charge in [0.15, 0.2) is 5.96 Å². The lowest BCUT2D eigenvalue weighted by Gasteiger charge is -2.14. The van der Waals surface area contributed by atoms with Crippen molar-refractivity contribution in [3.63, 3.8) is 0 Å². The van der Waals surface area contributed by atoms with E-state index in [0.717, 1.165) is 24.9 Å². The van der Waals surface area contributed by atoms with Gasteiger partial charge < -0.3 is 25.0 Å². The average molecular weight is 575 g/mol. The van der Waals surface area contributed by atoms with Crippen LogP contribution in [0.15, 0.2) is 52.8 Å². The minimum absolute atomic E-state index is 0. The zero-order valence-corrected chi connectivity index (χ0v) is 22.1. The van der Waals surface area contributed by atoms with Crippen LogP contribution in [0.2, 0.25) is 0 Å². The largest absolute Gasteiger partial charge is 0.379 e. The van der Waals surface area contributed by atoms with Crippen LogP contribution in [0.4, 0.5) is 0 Å². The number of benzene rings is 1. The Morgan fingerprint density at radius 2 is 1.75 bits per heavy atom. The number of halogens is 1. The maximum atomic E-state index is 11.8. The van der Waals surface area contributed by atoms with Gasteiger partial charge in [0.05, 0.1) is 19.8 Å². The summed E-state index contributed by atoms with van der Waals surface area (Å²) in [7, 11) is 3.46. The molecule has 0 unspecified atom stereocenters. The number of aliphatic imine (C=N–C) groups is 1. The third kappa shape index (κ3) is 13.0. The number of carbonyl (C=O) groups excluding carboxylic acids is 1. The van der Waals surface area contributed by atoms with E-state index in [2.05, 4.69) is 33.1 Å². The lowest BCUT2D eigenvalue weighted by molar-refractivity contribution is -0.127. The number of likely N-dealkylation sites (N-methyl/N-ethyl adjacent to an activating group) is 1. The summed E-state index contributed by atoms with van der Waals surface area (Å²) >= 11 is 1.74. The number of carbonyl (C=O) groups is 1. The molecule has 2 N–H and O–H groups in total. The third-order valence-electron chi connectivity index (χ3n) is 4.36. The summed E-state index contributed by atoms with van der Waals surface area (Å²) in [5, 5.41) is 8.65. The van der Waals surface area contributed by atoms with Crippen molar-refractivity contribution in [2.45, 2.75) is 19.4 Å². The Balaban J connectivity index is 0.00000512. The van der Waals surface area contributed by atoms with Gasteiger partial charge in [-0.15, -0.1) is 35.3 Å². The van der Waals surface area contributed by atoms with Gasteiger partial charge in [-0.25, -0.2) is 4.99 Å². The van der Waals surface area contributed by atoms with E-state index in [1.54, 1.807) is 30.3 Å². The number of nitrogens with zero attached hydrogens (tertiary/aromatic N) is 2. The molecule has 1 aromatic heterocycles. The molecule has 0 saturated carbocycles. The van der Waals surface area contributed by atoms with E-state index in [1.807, 2.05) is 30.3 Å². The fourth-order valence-electron chi connectivity index (χ4n) is 2.59. The topological polar surface area (TPSA) is 75.2 Å². The van der Waals surface area contributed by atoms with Crippen LogP contribution >= 0.6 is 35.3 Å². The third-order valence-corrected chi connectivity index (χ3v) is 5.29. The zero-order valence-electron chi connectivity index (χ0n) is 18.9. The molecule has 0 fully saturated rings. The molecule has 9 heteroatoms. The van der Waals surface area contributed by atoms with Crippen LogP contribution in [0.5, 0.6) is 0 Å². The molecule has 1 amide bonds. The molecule has 0 aliphatic rings. The SMILES string of the molecule is CN(C)C(=O)CN=C(NCCCOCCOCc1ccccc1)NCCc1cccs1.I. The molecule has 0 aliphatic heterocycles. The summed E-state index contributed by atoms with van der Waals surface area (Å²) in [6.07, 6.45) is 1.76. The molecule has 0 aliphatic carbocycles. The molecule has 0 bridgehead atoms. The highest BCUT2D eigenvalue weighted by Crippen LogP contribution is 2.08. The molecular formula is C23H35IN4O3S. The van der Waals surface area contributed by atoms with Gasteiger partial charge in [-0.3, -0.25) is 4.79 Å². The lowest BCUT2D eigenvalue weighted by Crippen LogP contribution is -2.40. The normalized spacial score (nSPS) is 11.0. The Labute approximate surface area is 212 Å². The van der Waals surface area contributed by atoms with Gasteiger partial charge in [0.25, 0.3) is 0 Å². The first-order valence-corrected chi connectivity index (χ1v) is 11.5. The maximum Gasteiger partial charge on any atom is 0.243 e. The van der Waals surface area contributed by atoms with E-state index in [1.165, 1.54) is 4.88 Å². The van der Waals surface area contributed by atoms with E-state index in [0.29, 0.717) is 38.9 Å². The molecule has 0 radical (unpaired) electrons. The van der Waals surface area contributed by atoms with Crippen molar-refractivity contribution in [3.05, 3.63) is 58.3 Å². The second-order valence-electron chi connectivity index (χ2n) is 7.14. The minimum Gasteiger partial charge on any atom is -0.379 e. The number of amides is 1. The quantitative estimate of drug-likeness (QED) is 0.157. The number of nitrogens with one attached hydrogen (secondary N) is 2. The zero-order chi connectivity index (χ0) is 22.2. The van der Waals surface area contributed by atoms with E-state index >= 15 is 0 Å². The molecule has 2 aromatic rings. The van der Waals surface area contributed by atoms with Crippen molar-refractivity contribution in [1.82, 2.24) is 15.5 Å². The van der Waals surface area contributed by atoms with Crippen molar-refractivity contribution in [1.29, 1.82) is 0 Å². The average Bonchev–Trinajstić information content (AvgIpc) is 3.29. The molecule has 32 heavy (non-hydrogen) atoms. The Bertz CT molecular complexity index is 758. The number of guanidine groups is 1. The van der Waals surface area contributed by atoms with Crippen molar-refractivity contribution >= 4 is 47.2 Å². The second kappa shape index (κ2) is 17.8. The van der Waals surface area contributed by atoms with Crippen LogP contribution in [-0.2, 0) is 27.3 Å². The van der Waals surface area contributed by atoms with Gasteiger partial charge >= 0.3 is 0 Å². The van der Waals surface area contributed by atoms with E-state index < -0.39 is 0 Å². The molecule has 7 nitrogen and oxygen atoms in total. The van der Waals surface area contributed by atoms with Gasteiger partial charge in [0.2, 0.25) is 5.91 Å². The number of hydrogen-bond acceptors (Lipinski definition) is 5. The summed E-state index contributed by atoms with van der Waals surface area (Å²) in [6.45, 7) is 3.99. The number of rotatable bonds is 14. The molecule has 1 heterocycles. The summed E-state index contributed by atoms with van der Waals surface area (Å²) in [5.41, 5.74) is 1.16. The molecule has 0 atom stereocenters. The first-order chi connectivity index (χ1) is 15.1. The monoisotopic (exact) mass is 574 g/mol. The van der Waals surface area contributed by atoms with Crippen LogP contribution < -0.4 is 10.6 Å². The standard InChI is InChI=1S/C23H34N4O3S.HI/c1-27(2)22(28)18-26-23(25-13-11-21-10-6-17-31-21)24-12-7-14-29-15-16-30-19-20-8-4-3-5-9-20;/h3-6,8-10,17H,7,11-16,18-19H2,1-2H3,(H2,24,25,26);1H. The van der Waals surface area contributed by atoms with Crippen LogP contribution in [-0.4, -0.2) is 70.3 Å². The summed E-state index contributed by atoms with van der Waals surface area (Å²) in [4.78, 5) is 19.1. The van der Waals surface area contributed by atoms with E-state index in [-0.39, 0.29) is 36.4 Å². The van der Waals surface area contributed by atoms with E-state index in [4.69, 9.17) is 9.47 Å². The van der Waals surface area contributed by atoms with Crippen LogP contribution in [0.25, 0.3) is 0 Å². The van der Waals surface area contributed by atoms with Crippen molar-refractivity contribution < 1.29 is 14.3 Å². The van der Waals surface area contributed by atoms with Gasteiger partial charge in [-0.2, -0.15) is 0 Å². The Morgan fingerprint density at radius 1 is 1.00 bits per heavy atom. The van der Waals surface area contributed by atoms with Gasteiger partial charge in [-0.05, 0) is 29.9 Å². The van der Waals surface area contributed by atoms with Crippen molar-refractivity contribution in [2.75, 3.05) is 53.6 Å². The predicted octanol–water partition coefficient (Wildman–Crippen LogP) is 3.16.